The molecule has 3 atom stereocenters. The minimum atomic E-state index is 0.0793. The Morgan fingerprint density at radius 3 is 2.88 bits per heavy atom. The second kappa shape index (κ2) is 4.94. The Morgan fingerprint density at radius 2 is 2.06 bits per heavy atom. The summed E-state index contributed by atoms with van der Waals surface area (Å²) < 4.78 is 5.81. The topological polar surface area (TPSA) is 41.6 Å². The average molecular weight is 238 g/mol. The van der Waals surface area contributed by atoms with E-state index in [1.165, 1.54) is 12.8 Å². The molecule has 0 aromatic heterocycles. The zero-order valence-electron chi connectivity index (χ0n) is 10.4. The molecule has 1 N–H and O–H groups in total. The summed E-state index contributed by atoms with van der Waals surface area (Å²) in [7, 11) is 0. The van der Waals surface area contributed by atoms with E-state index in [2.05, 4.69) is 10.2 Å². The van der Waals surface area contributed by atoms with Crippen molar-refractivity contribution in [1.29, 1.82) is 0 Å². The fourth-order valence-electron chi connectivity index (χ4n) is 3.47. The molecule has 2 saturated heterocycles. The first-order chi connectivity index (χ1) is 8.36. The second-order valence-corrected chi connectivity index (χ2v) is 5.44. The molecule has 0 aromatic rings. The van der Waals surface area contributed by atoms with Crippen molar-refractivity contribution in [3.8, 4) is 0 Å². The highest BCUT2D eigenvalue weighted by atomic mass is 16.5. The van der Waals surface area contributed by atoms with Crippen LogP contribution in [-0.4, -0.2) is 48.7 Å². The average Bonchev–Trinajstić information content (AvgIpc) is 2.91. The number of hydrogen-bond acceptors (Lipinski definition) is 3. The van der Waals surface area contributed by atoms with Crippen LogP contribution >= 0.6 is 0 Å². The Kier molecular flexibility index (Phi) is 3.34. The monoisotopic (exact) mass is 238 g/mol. The smallest absolute Gasteiger partial charge is 0.240 e. The van der Waals surface area contributed by atoms with E-state index >= 15 is 0 Å². The van der Waals surface area contributed by atoms with E-state index in [-0.39, 0.29) is 6.04 Å². The Labute approximate surface area is 103 Å². The van der Waals surface area contributed by atoms with Gasteiger partial charge in [-0.3, -0.25) is 4.79 Å². The first-order valence-electron chi connectivity index (χ1n) is 7.02. The Hall–Kier alpha value is -0.610. The maximum Gasteiger partial charge on any atom is 0.240 e. The Morgan fingerprint density at radius 1 is 1.18 bits per heavy atom. The Bertz CT molecular complexity index is 287. The van der Waals surface area contributed by atoms with Crippen LogP contribution in [0.3, 0.4) is 0 Å². The molecule has 1 amide bonds. The fourth-order valence-corrected chi connectivity index (χ4v) is 3.47. The van der Waals surface area contributed by atoms with Gasteiger partial charge in [0.05, 0.1) is 24.8 Å². The molecule has 0 bridgehead atoms. The maximum atomic E-state index is 12.5. The van der Waals surface area contributed by atoms with Gasteiger partial charge in [-0.2, -0.15) is 0 Å². The first kappa shape index (κ1) is 11.5. The van der Waals surface area contributed by atoms with Crippen LogP contribution in [0.1, 0.15) is 38.5 Å². The van der Waals surface area contributed by atoms with Crippen LogP contribution < -0.4 is 5.32 Å². The van der Waals surface area contributed by atoms with Crippen LogP contribution in [-0.2, 0) is 9.53 Å². The van der Waals surface area contributed by atoms with Gasteiger partial charge < -0.3 is 15.0 Å². The molecule has 3 fully saturated rings. The quantitative estimate of drug-likeness (QED) is 0.738. The maximum absolute atomic E-state index is 12.5. The standard InChI is InChI=1S/C13H22N2O2/c16-13(10-4-3-7-14-10)15-8-9-17-12-6-2-1-5-11(12)15/h10-12,14H,1-9H2. The third-order valence-electron chi connectivity index (χ3n) is 4.37. The number of ether oxygens (including phenoxy) is 1. The summed E-state index contributed by atoms with van der Waals surface area (Å²) in [5.74, 6) is 0.322. The van der Waals surface area contributed by atoms with E-state index in [9.17, 15) is 4.79 Å². The molecule has 1 aliphatic carbocycles. The molecule has 1 saturated carbocycles. The van der Waals surface area contributed by atoms with Gasteiger partial charge in [0, 0.05) is 6.54 Å². The molecule has 2 heterocycles. The number of rotatable bonds is 1. The van der Waals surface area contributed by atoms with Crippen LogP contribution in [0, 0.1) is 0 Å². The molecule has 0 spiro atoms. The van der Waals surface area contributed by atoms with Crippen LogP contribution in [0.2, 0.25) is 0 Å². The minimum absolute atomic E-state index is 0.0793. The SMILES string of the molecule is O=C(C1CCCN1)N1CCOC2CCCCC21. The minimum Gasteiger partial charge on any atom is -0.374 e. The van der Waals surface area contributed by atoms with Crippen LogP contribution in [0.5, 0.6) is 0 Å². The summed E-state index contributed by atoms with van der Waals surface area (Å²) in [5.41, 5.74) is 0. The van der Waals surface area contributed by atoms with Gasteiger partial charge in [-0.1, -0.05) is 12.8 Å². The number of nitrogens with one attached hydrogen (secondary N) is 1. The molecule has 3 rings (SSSR count). The summed E-state index contributed by atoms with van der Waals surface area (Å²) in [4.78, 5) is 14.6. The molecule has 96 valence electrons. The molecular formula is C13H22N2O2. The highest BCUT2D eigenvalue weighted by Crippen LogP contribution is 2.29. The molecule has 3 aliphatic rings. The number of fused-ring (bicyclic) bond motifs is 1. The van der Waals surface area contributed by atoms with Crippen LogP contribution in [0.25, 0.3) is 0 Å². The van der Waals surface area contributed by atoms with Gasteiger partial charge >= 0.3 is 0 Å². The van der Waals surface area contributed by atoms with E-state index in [1.54, 1.807) is 0 Å². The van der Waals surface area contributed by atoms with Gasteiger partial charge in [0.25, 0.3) is 0 Å². The zero-order valence-corrected chi connectivity index (χ0v) is 10.4. The van der Waals surface area contributed by atoms with Crippen molar-refractivity contribution in [2.75, 3.05) is 19.7 Å². The second-order valence-electron chi connectivity index (χ2n) is 5.44. The van der Waals surface area contributed by atoms with Crippen LogP contribution in [0.4, 0.5) is 0 Å². The van der Waals surface area contributed by atoms with Crippen molar-refractivity contribution in [1.82, 2.24) is 10.2 Å². The van der Waals surface area contributed by atoms with E-state index in [0.717, 1.165) is 45.4 Å². The number of carbonyl (C=O) groups is 1. The molecule has 17 heavy (non-hydrogen) atoms. The largest absolute Gasteiger partial charge is 0.374 e. The van der Waals surface area contributed by atoms with Crippen molar-refractivity contribution in [3.63, 3.8) is 0 Å². The van der Waals surface area contributed by atoms with E-state index < -0.39 is 0 Å². The van der Waals surface area contributed by atoms with Crippen LogP contribution in [0.15, 0.2) is 0 Å². The van der Waals surface area contributed by atoms with Crippen molar-refractivity contribution >= 4 is 5.91 Å². The summed E-state index contributed by atoms with van der Waals surface area (Å²) in [6.07, 6.45) is 7.21. The number of nitrogens with zero attached hydrogens (tertiary/aromatic N) is 1. The molecule has 4 heteroatoms. The van der Waals surface area contributed by atoms with E-state index in [4.69, 9.17) is 4.74 Å². The molecule has 3 unspecified atom stereocenters. The van der Waals surface area contributed by atoms with Crippen molar-refractivity contribution < 1.29 is 9.53 Å². The van der Waals surface area contributed by atoms with E-state index in [1.807, 2.05) is 0 Å². The first-order valence-corrected chi connectivity index (χ1v) is 7.02. The number of hydrogen-bond donors (Lipinski definition) is 1. The van der Waals surface area contributed by atoms with Crippen molar-refractivity contribution in [3.05, 3.63) is 0 Å². The highest BCUT2D eigenvalue weighted by molar-refractivity contribution is 5.82. The fraction of sp³-hybridized carbons (Fsp3) is 0.923. The zero-order chi connectivity index (χ0) is 11.7. The molecule has 4 nitrogen and oxygen atoms in total. The lowest BCUT2D eigenvalue weighted by molar-refractivity contribution is -0.151. The molecule has 2 aliphatic heterocycles. The number of amides is 1. The van der Waals surface area contributed by atoms with Gasteiger partial charge in [-0.15, -0.1) is 0 Å². The van der Waals surface area contributed by atoms with Gasteiger partial charge in [0.1, 0.15) is 0 Å². The van der Waals surface area contributed by atoms with Gasteiger partial charge in [0.2, 0.25) is 5.91 Å². The third-order valence-corrected chi connectivity index (χ3v) is 4.37. The van der Waals surface area contributed by atoms with Gasteiger partial charge in [-0.05, 0) is 32.2 Å². The van der Waals surface area contributed by atoms with Gasteiger partial charge in [-0.25, -0.2) is 0 Å². The third kappa shape index (κ3) is 2.20. The molecular weight excluding hydrogens is 216 g/mol. The predicted octanol–water partition coefficient (Wildman–Crippen LogP) is 0.908. The lowest BCUT2D eigenvalue weighted by Crippen LogP contribution is -2.58. The predicted molar refractivity (Wildman–Crippen MR) is 64.7 cm³/mol. The molecule has 0 radical (unpaired) electrons. The normalized spacial score (nSPS) is 37.9. The number of carbonyl (C=O) groups excluding carboxylic acids is 1. The molecule has 0 aromatic carbocycles. The summed E-state index contributed by atoms with van der Waals surface area (Å²) in [6, 6.07) is 0.433. The lowest BCUT2D eigenvalue weighted by atomic mass is 9.89. The van der Waals surface area contributed by atoms with E-state index in [0.29, 0.717) is 18.1 Å². The summed E-state index contributed by atoms with van der Waals surface area (Å²) in [5, 5.41) is 3.32. The summed E-state index contributed by atoms with van der Waals surface area (Å²) in [6.45, 7) is 2.51. The summed E-state index contributed by atoms with van der Waals surface area (Å²) >= 11 is 0. The van der Waals surface area contributed by atoms with Crippen molar-refractivity contribution in [2.24, 2.45) is 0 Å². The Balaban J connectivity index is 1.69. The highest BCUT2D eigenvalue weighted by Gasteiger charge is 2.39. The number of morpholine rings is 1. The van der Waals surface area contributed by atoms with Gasteiger partial charge in [0.15, 0.2) is 0 Å². The lowest BCUT2D eigenvalue weighted by Gasteiger charge is -2.44. The van der Waals surface area contributed by atoms with Crippen molar-refractivity contribution in [2.45, 2.75) is 56.7 Å².